The topological polar surface area (TPSA) is 158 Å². The summed E-state index contributed by atoms with van der Waals surface area (Å²) in [7, 11) is -7.73. The van der Waals surface area contributed by atoms with Gasteiger partial charge in [-0.1, -0.05) is 46.4 Å². The van der Waals surface area contributed by atoms with Crippen molar-refractivity contribution in [2.75, 3.05) is 25.2 Å². The highest BCUT2D eigenvalue weighted by Crippen LogP contribution is 2.32. The number of carbonyl (C=O) groups excluding carboxylic acids is 2. The van der Waals surface area contributed by atoms with E-state index in [9.17, 15) is 31.2 Å². The molecular formula is C21H20Cl4O10S2. The third-order valence-electron chi connectivity index (χ3n) is 4.01. The summed E-state index contributed by atoms with van der Waals surface area (Å²) in [4.78, 5) is 32.8. The van der Waals surface area contributed by atoms with E-state index in [1.807, 2.05) is 0 Å². The maximum Gasteiger partial charge on any atom is 0.338 e. The molecule has 0 aliphatic rings. The van der Waals surface area contributed by atoms with Crippen LogP contribution in [-0.2, 0) is 33.9 Å². The average Bonchev–Trinajstić information content (AvgIpc) is 2.71. The Bertz CT molecular complexity index is 1370. The lowest BCUT2D eigenvalue weighted by atomic mass is 10.2. The molecule has 0 aliphatic carbocycles. The molecule has 0 spiro atoms. The quantitative estimate of drug-likeness (QED) is 0.405. The maximum atomic E-state index is 11.8. The zero-order valence-corrected chi connectivity index (χ0v) is 24.0. The summed E-state index contributed by atoms with van der Waals surface area (Å²) in [5, 5.41) is 7.71. The summed E-state index contributed by atoms with van der Waals surface area (Å²) < 4.78 is 55.9. The van der Waals surface area contributed by atoms with Crippen LogP contribution in [0.3, 0.4) is 0 Å². The molecule has 2 aromatic carbocycles. The Labute approximate surface area is 233 Å². The highest BCUT2D eigenvalue weighted by molar-refractivity contribution is 7.92. The second-order valence-corrected chi connectivity index (χ2v) is 12.4. The van der Waals surface area contributed by atoms with Gasteiger partial charge in [-0.05, 0) is 38.1 Å². The van der Waals surface area contributed by atoms with Gasteiger partial charge in [0.2, 0.25) is 0 Å². The number of hydrogen-bond donors (Lipinski definition) is 1. The number of rotatable bonds is 8. The summed E-state index contributed by atoms with van der Waals surface area (Å²) in [5.74, 6) is -3.99. The normalized spacial score (nSPS) is 11.2. The number of aliphatic carboxylic acids is 1. The first-order valence-electron chi connectivity index (χ1n) is 9.93. The number of esters is 2. The highest BCUT2D eigenvalue weighted by Gasteiger charge is 2.26. The fourth-order valence-corrected chi connectivity index (χ4v) is 7.20. The molecule has 37 heavy (non-hydrogen) atoms. The van der Waals surface area contributed by atoms with Crippen molar-refractivity contribution >= 4 is 84.0 Å². The third kappa shape index (κ3) is 9.31. The van der Waals surface area contributed by atoms with Crippen molar-refractivity contribution in [3.63, 3.8) is 0 Å². The van der Waals surface area contributed by atoms with Gasteiger partial charge in [0.1, 0.15) is 9.79 Å². The summed E-state index contributed by atoms with van der Waals surface area (Å²) in [6, 6.07) is 4.59. The zero-order valence-electron chi connectivity index (χ0n) is 19.4. The first-order valence-corrected chi connectivity index (χ1v) is 15.0. The highest BCUT2D eigenvalue weighted by atomic mass is 35.5. The van der Waals surface area contributed by atoms with Crippen molar-refractivity contribution in [3.8, 4) is 0 Å². The van der Waals surface area contributed by atoms with Crippen LogP contribution in [0.4, 0.5) is 0 Å². The molecule has 0 fully saturated rings. The van der Waals surface area contributed by atoms with Gasteiger partial charge in [0.05, 0.1) is 44.4 Å². The van der Waals surface area contributed by atoms with Crippen LogP contribution in [-0.4, -0.2) is 65.1 Å². The van der Waals surface area contributed by atoms with Crippen molar-refractivity contribution in [2.24, 2.45) is 0 Å². The monoisotopic (exact) mass is 636 g/mol. The molecular weight excluding hydrogens is 618 g/mol. The van der Waals surface area contributed by atoms with Gasteiger partial charge in [-0.25, -0.2) is 26.4 Å². The van der Waals surface area contributed by atoms with Gasteiger partial charge >= 0.3 is 17.9 Å². The van der Waals surface area contributed by atoms with Crippen molar-refractivity contribution in [1.82, 2.24) is 0 Å². The fourth-order valence-electron chi connectivity index (χ4n) is 2.67. The lowest BCUT2D eigenvalue weighted by Crippen LogP contribution is -2.16. The molecule has 0 saturated heterocycles. The SMILES string of the molecule is CCOC(=O)c1cc(Cl)c(S(=O)(=O)CC(=O)O)c(Cl)c1.CCOC(=O)c1cc(Cl)c(S(C)(=O)=O)c(Cl)c1. The molecule has 204 valence electrons. The van der Waals surface area contributed by atoms with Gasteiger partial charge in [-0.2, -0.15) is 0 Å². The Balaban J connectivity index is 0.000000375. The number of carboxylic acids is 1. The van der Waals surface area contributed by atoms with E-state index in [0.29, 0.717) is 0 Å². The lowest BCUT2D eigenvalue weighted by Gasteiger charge is -2.09. The largest absolute Gasteiger partial charge is 0.480 e. The molecule has 0 heterocycles. The van der Waals surface area contributed by atoms with E-state index in [1.54, 1.807) is 13.8 Å². The van der Waals surface area contributed by atoms with Crippen molar-refractivity contribution in [3.05, 3.63) is 55.5 Å². The molecule has 10 nitrogen and oxygen atoms in total. The van der Waals surface area contributed by atoms with E-state index in [4.69, 9.17) is 61.0 Å². The molecule has 0 aromatic heterocycles. The lowest BCUT2D eigenvalue weighted by molar-refractivity contribution is -0.134. The average molecular weight is 638 g/mol. The Kier molecular flexibility index (Phi) is 12.1. The Hall–Kier alpha value is -2.09. The third-order valence-corrected chi connectivity index (χ3v) is 8.52. The standard InChI is InChI=1S/C11H10Cl2O6S.C10H10Cl2O4S/c1-2-19-11(16)6-3-7(12)10(8(13)4-6)20(17,18)5-9(14)15;1-3-16-10(13)6-4-7(11)9(8(12)5-6)17(2,14)15/h3-4H,2,5H2,1H3,(H,14,15);4-5H,3H2,1-2H3. The number of benzene rings is 2. The molecule has 0 amide bonds. The van der Waals surface area contributed by atoms with Crippen molar-refractivity contribution < 1.29 is 45.8 Å². The predicted molar refractivity (Wildman–Crippen MR) is 138 cm³/mol. The first kappa shape index (κ1) is 32.9. The Morgan fingerprint density at radius 1 is 0.730 bits per heavy atom. The van der Waals surface area contributed by atoms with E-state index < -0.39 is 48.2 Å². The smallest absolute Gasteiger partial charge is 0.338 e. The first-order chi connectivity index (χ1) is 17.0. The number of carboxylic acid groups (broad SMARTS) is 1. The van der Waals surface area contributed by atoms with Gasteiger partial charge in [-0.15, -0.1) is 0 Å². The van der Waals surface area contributed by atoms with Crippen LogP contribution in [0.25, 0.3) is 0 Å². The van der Waals surface area contributed by atoms with Crippen LogP contribution in [0.15, 0.2) is 34.1 Å². The summed E-state index contributed by atoms with van der Waals surface area (Å²) in [6.07, 6.45) is 0.990. The molecule has 1 N–H and O–H groups in total. The molecule has 16 heteroatoms. The van der Waals surface area contributed by atoms with Gasteiger partial charge in [-0.3, -0.25) is 4.79 Å². The maximum absolute atomic E-state index is 11.8. The van der Waals surface area contributed by atoms with Gasteiger partial charge < -0.3 is 14.6 Å². The van der Waals surface area contributed by atoms with E-state index in [0.717, 1.165) is 18.4 Å². The van der Waals surface area contributed by atoms with Crippen LogP contribution < -0.4 is 0 Å². The van der Waals surface area contributed by atoms with Crippen LogP contribution in [0.1, 0.15) is 34.6 Å². The molecule has 0 aliphatic heterocycles. The van der Waals surface area contributed by atoms with Crippen molar-refractivity contribution in [1.29, 1.82) is 0 Å². The van der Waals surface area contributed by atoms with Crippen LogP contribution >= 0.6 is 46.4 Å². The number of halogens is 4. The minimum absolute atomic E-state index is 0.0175. The number of hydrogen-bond acceptors (Lipinski definition) is 9. The zero-order chi connectivity index (χ0) is 28.7. The second-order valence-electron chi connectivity index (χ2n) is 6.90. The summed E-state index contributed by atoms with van der Waals surface area (Å²) in [5.41, 5.74) is 0.102. The van der Waals surface area contributed by atoms with Crippen molar-refractivity contribution in [2.45, 2.75) is 23.6 Å². The molecule has 0 radical (unpaired) electrons. The molecule has 0 saturated carbocycles. The Morgan fingerprint density at radius 2 is 1.05 bits per heavy atom. The van der Waals surface area contributed by atoms with Gasteiger partial charge in [0.15, 0.2) is 25.4 Å². The molecule has 2 rings (SSSR count). The summed E-state index contributed by atoms with van der Waals surface area (Å²) >= 11 is 23.1. The molecule has 2 aromatic rings. The summed E-state index contributed by atoms with van der Waals surface area (Å²) in [6.45, 7) is 3.60. The van der Waals surface area contributed by atoms with E-state index in [2.05, 4.69) is 0 Å². The number of ether oxygens (including phenoxy) is 2. The van der Waals surface area contributed by atoms with E-state index in [1.165, 1.54) is 12.1 Å². The fraction of sp³-hybridized carbons (Fsp3) is 0.286. The number of carbonyl (C=O) groups is 3. The molecule has 0 bridgehead atoms. The Morgan fingerprint density at radius 3 is 1.32 bits per heavy atom. The van der Waals surface area contributed by atoms with Crippen LogP contribution in [0, 0.1) is 0 Å². The minimum atomic E-state index is -4.19. The number of sulfone groups is 2. The van der Waals surface area contributed by atoms with Gasteiger partial charge in [0, 0.05) is 6.26 Å². The molecule has 0 atom stereocenters. The van der Waals surface area contributed by atoms with Gasteiger partial charge in [0.25, 0.3) is 0 Å². The minimum Gasteiger partial charge on any atom is -0.480 e. The van der Waals surface area contributed by atoms with Crippen LogP contribution in [0.2, 0.25) is 20.1 Å². The van der Waals surface area contributed by atoms with Crippen LogP contribution in [0.5, 0.6) is 0 Å². The van der Waals surface area contributed by atoms with E-state index >= 15 is 0 Å². The molecule has 0 unspecified atom stereocenters. The predicted octanol–water partition coefficient (Wildman–Crippen LogP) is 4.60. The second kappa shape index (κ2) is 13.6. The van der Waals surface area contributed by atoms with E-state index in [-0.39, 0.29) is 49.3 Å².